The van der Waals surface area contributed by atoms with Crippen LogP contribution in [0.15, 0.2) is 0 Å². The molecule has 0 amide bonds. The van der Waals surface area contributed by atoms with Gasteiger partial charge in [0.2, 0.25) is 0 Å². The Morgan fingerprint density at radius 1 is 1.19 bits per heavy atom. The summed E-state index contributed by atoms with van der Waals surface area (Å²) in [5.41, 5.74) is 0. The lowest BCUT2D eigenvalue weighted by molar-refractivity contribution is -0.125. The Labute approximate surface area is 94.3 Å². The molecule has 6 heteroatoms. The predicted molar refractivity (Wildman–Crippen MR) is 55.4 cm³/mol. The van der Waals surface area contributed by atoms with Gasteiger partial charge in [-0.1, -0.05) is 6.92 Å². The summed E-state index contributed by atoms with van der Waals surface area (Å²) in [7, 11) is 0. The fourth-order valence-electron chi connectivity index (χ4n) is 1.03. The summed E-state index contributed by atoms with van der Waals surface area (Å²) >= 11 is 0. The van der Waals surface area contributed by atoms with Gasteiger partial charge in [-0.15, -0.1) is 0 Å². The third-order valence-electron chi connectivity index (χ3n) is 1.74. The van der Waals surface area contributed by atoms with Crippen LogP contribution in [0.5, 0.6) is 0 Å². The quantitative estimate of drug-likeness (QED) is 0.628. The lowest BCUT2D eigenvalue weighted by atomic mass is 10.4. The van der Waals surface area contributed by atoms with Crippen molar-refractivity contribution in [1.29, 1.82) is 0 Å². The first-order valence-corrected chi connectivity index (χ1v) is 5.42. The molecular formula is C10H20F3NO2. The van der Waals surface area contributed by atoms with Gasteiger partial charge in [0.15, 0.2) is 0 Å². The molecule has 3 nitrogen and oxygen atoms in total. The molecule has 0 heterocycles. The van der Waals surface area contributed by atoms with E-state index in [1.165, 1.54) is 0 Å². The predicted octanol–water partition coefficient (Wildman–Crippen LogP) is 1.97. The number of hydrogen-bond acceptors (Lipinski definition) is 3. The molecule has 0 saturated heterocycles. The molecule has 0 spiro atoms. The highest BCUT2D eigenvalue weighted by atomic mass is 19.4. The van der Waals surface area contributed by atoms with E-state index < -0.39 is 12.7 Å². The van der Waals surface area contributed by atoms with Gasteiger partial charge in [-0.05, 0) is 13.3 Å². The number of hydrogen-bond donors (Lipinski definition) is 1. The molecule has 0 aromatic heterocycles. The fraction of sp³-hybridized carbons (Fsp3) is 1.00. The molecule has 0 bridgehead atoms. The van der Waals surface area contributed by atoms with Crippen molar-refractivity contribution in [3.8, 4) is 0 Å². The summed E-state index contributed by atoms with van der Waals surface area (Å²) < 4.78 is 45.7. The topological polar surface area (TPSA) is 30.5 Å². The highest BCUT2D eigenvalue weighted by Crippen LogP contribution is 2.12. The Hall–Kier alpha value is -0.330. The van der Waals surface area contributed by atoms with E-state index in [0.717, 1.165) is 6.42 Å². The van der Waals surface area contributed by atoms with Gasteiger partial charge < -0.3 is 14.8 Å². The van der Waals surface area contributed by atoms with Crippen molar-refractivity contribution in [2.24, 2.45) is 0 Å². The monoisotopic (exact) mass is 243 g/mol. The van der Waals surface area contributed by atoms with Crippen LogP contribution in [0.1, 0.15) is 20.3 Å². The highest BCUT2D eigenvalue weighted by molar-refractivity contribution is 4.59. The van der Waals surface area contributed by atoms with E-state index in [0.29, 0.717) is 19.8 Å². The van der Waals surface area contributed by atoms with Gasteiger partial charge in [-0.2, -0.15) is 13.2 Å². The van der Waals surface area contributed by atoms with E-state index in [1.54, 1.807) is 6.92 Å². The third-order valence-corrected chi connectivity index (χ3v) is 1.74. The maximum absolute atomic E-state index is 11.8. The molecule has 0 aliphatic rings. The fourth-order valence-corrected chi connectivity index (χ4v) is 1.03. The van der Waals surface area contributed by atoms with Crippen LogP contribution in [-0.4, -0.2) is 45.2 Å². The Morgan fingerprint density at radius 2 is 1.88 bits per heavy atom. The zero-order valence-electron chi connectivity index (χ0n) is 9.77. The largest absolute Gasteiger partial charge is 0.401 e. The standard InChI is InChI=1S/C10H20F3NO2/c1-3-4-15-5-6-16-9(2)7-14-8-10(11,12)13/h9,14H,3-8H2,1-2H3. The van der Waals surface area contributed by atoms with Gasteiger partial charge in [-0.3, -0.25) is 0 Å². The Balaban J connectivity index is 3.28. The van der Waals surface area contributed by atoms with Crippen molar-refractivity contribution in [2.45, 2.75) is 32.5 Å². The minimum atomic E-state index is -4.16. The van der Waals surface area contributed by atoms with Gasteiger partial charge in [-0.25, -0.2) is 0 Å². The normalized spacial score (nSPS) is 14.1. The Bertz CT molecular complexity index is 165. The molecule has 1 atom stereocenters. The van der Waals surface area contributed by atoms with Crippen molar-refractivity contribution in [3.63, 3.8) is 0 Å². The summed E-state index contributed by atoms with van der Waals surface area (Å²) in [4.78, 5) is 0. The van der Waals surface area contributed by atoms with E-state index in [-0.39, 0.29) is 12.6 Å². The van der Waals surface area contributed by atoms with Crippen LogP contribution in [0.2, 0.25) is 0 Å². The Morgan fingerprint density at radius 3 is 2.44 bits per heavy atom. The van der Waals surface area contributed by atoms with E-state index in [9.17, 15) is 13.2 Å². The zero-order valence-corrected chi connectivity index (χ0v) is 9.77. The van der Waals surface area contributed by atoms with E-state index in [1.807, 2.05) is 6.92 Å². The molecule has 0 aromatic carbocycles. The lowest BCUT2D eigenvalue weighted by Crippen LogP contribution is -2.35. The molecule has 1 N–H and O–H groups in total. The molecule has 0 aliphatic heterocycles. The zero-order chi connectivity index (χ0) is 12.4. The van der Waals surface area contributed by atoms with Crippen LogP contribution in [0.25, 0.3) is 0 Å². The summed E-state index contributed by atoms with van der Waals surface area (Å²) in [6.07, 6.45) is -3.46. The number of rotatable bonds is 9. The van der Waals surface area contributed by atoms with Crippen LogP contribution in [0.3, 0.4) is 0 Å². The van der Waals surface area contributed by atoms with E-state index in [4.69, 9.17) is 9.47 Å². The van der Waals surface area contributed by atoms with E-state index >= 15 is 0 Å². The Kier molecular flexibility index (Phi) is 8.60. The minimum absolute atomic E-state index is 0.188. The van der Waals surface area contributed by atoms with E-state index in [2.05, 4.69) is 5.32 Å². The number of nitrogens with one attached hydrogen (secondary N) is 1. The average molecular weight is 243 g/mol. The molecule has 0 radical (unpaired) electrons. The van der Waals surface area contributed by atoms with Crippen LogP contribution >= 0.6 is 0 Å². The molecular weight excluding hydrogens is 223 g/mol. The number of ether oxygens (including phenoxy) is 2. The van der Waals surface area contributed by atoms with Crippen molar-refractivity contribution >= 4 is 0 Å². The SMILES string of the molecule is CCCOCCOC(C)CNCC(F)(F)F. The second-order valence-corrected chi connectivity index (χ2v) is 3.54. The second kappa shape index (κ2) is 8.78. The van der Waals surface area contributed by atoms with Crippen molar-refractivity contribution < 1.29 is 22.6 Å². The van der Waals surface area contributed by atoms with Crippen LogP contribution in [0, 0.1) is 0 Å². The summed E-state index contributed by atoms with van der Waals surface area (Å²) in [6.45, 7) is 4.52. The average Bonchev–Trinajstić information content (AvgIpc) is 2.15. The molecule has 1 unspecified atom stereocenters. The lowest BCUT2D eigenvalue weighted by Gasteiger charge is -2.15. The van der Waals surface area contributed by atoms with Gasteiger partial charge in [0, 0.05) is 13.2 Å². The van der Waals surface area contributed by atoms with Crippen molar-refractivity contribution in [3.05, 3.63) is 0 Å². The third kappa shape index (κ3) is 11.7. The van der Waals surface area contributed by atoms with Crippen molar-refractivity contribution in [1.82, 2.24) is 5.32 Å². The number of alkyl halides is 3. The summed E-state index contributed by atoms with van der Waals surface area (Å²) in [5, 5.41) is 2.29. The van der Waals surface area contributed by atoms with Crippen molar-refractivity contribution in [2.75, 3.05) is 32.9 Å². The minimum Gasteiger partial charge on any atom is -0.379 e. The first-order chi connectivity index (χ1) is 7.45. The molecule has 0 aliphatic carbocycles. The summed E-state index contributed by atoms with van der Waals surface area (Å²) in [6, 6.07) is 0. The molecule has 98 valence electrons. The molecule has 0 fully saturated rings. The maximum atomic E-state index is 11.8. The van der Waals surface area contributed by atoms with Crippen LogP contribution in [0.4, 0.5) is 13.2 Å². The van der Waals surface area contributed by atoms with Crippen LogP contribution in [-0.2, 0) is 9.47 Å². The first kappa shape index (κ1) is 15.7. The smallest absolute Gasteiger partial charge is 0.379 e. The summed E-state index contributed by atoms with van der Waals surface area (Å²) in [5.74, 6) is 0. The van der Waals surface area contributed by atoms with Gasteiger partial charge in [0.25, 0.3) is 0 Å². The van der Waals surface area contributed by atoms with Gasteiger partial charge >= 0.3 is 6.18 Å². The maximum Gasteiger partial charge on any atom is 0.401 e. The molecule has 0 rings (SSSR count). The second-order valence-electron chi connectivity index (χ2n) is 3.54. The molecule has 0 aromatic rings. The van der Waals surface area contributed by atoms with Crippen LogP contribution < -0.4 is 5.32 Å². The van der Waals surface area contributed by atoms with Gasteiger partial charge in [0.1, 0.15) is 0 Å². The molecule has 16 heavy (non-hydrogen) atoms. The first-order valence-electron chi connectivity index (χ1n) is 5.42. The number of halogens is 3. The highest BCUT2D eigenvalue weighted by Gasteiger charge is 2.26. The van der Waals surface area contributed by atoms with Gasteiger partial charge in [0.05, 0.1) is 25.9 Å². The molecule has 0 saturated carbocycles.